The molecular formula is C29H30N2O6. The molecule has 0 aliphatic rings. The first kappa shape index (κ1) is 25.6. The van der Waals surface area contributed by atoms with E-state index in [-0.39, 0.29) is 0 Å². The maximum atomic E-state index is 11.2. The van der Waals surface area contributed by atoms with E-state index in [9.17, 15) is 9.90 Å². The zero-order chi connectivity index (χ0) is 26.4. The Kier molecular flexibility index (Phi) is 7.98. The number of rotatable bonds is 11. The quantitative estimate of drug-likeness (QED) is 0.297. The van der Waals surface area contributed by atoms with Crippen LogP contribution >= 0.6 is 0 Å². The summed E-state index contributed by atoms with van der Waals surface area (Å²) in [6.07, 6.45) is 0.810. The van der Waals surface area contributed by atoms with Crippen LogP contribution in [0.15, 0.2) is 66.7 Å². The predicted molar refractivity (Wildman–Crippen MR) is 141 cm³/mol. The lowest BCUT2D eigenvalue weighted by molar-refractivity contribution is -0.139. The number of methoxy groups -OCH3 is 3. The second kappa shape index (κ2) is 11.5. The third-order valence-electron chi connectivity index (χ3n) is 6.05. The Hall–Kier alpha value is -4.46. The molecule has 4 aromatic rings. The second-order valence-corrected chi connectivity index (χ2v) is 8.29. The highest BCUT2D eigenvalue weighted by Gasteiger charge is 2.21. The summed E-state index contributed by atoms with van der Waals surface area (Å²) in [7, 11) is 4.84. The summed E-state index contributed by atoms with van der Waals surface area (Å²) in [4.78, 5) is 11.2. The van der Waals surface area contributed by atoms with Gasteiger partial charge in [-0.3, -0.25) is 4.68 Å². The highest BCUT2D eigenvalue weighted by molar-refractivity contribution is 5.78. The summed E-state index contributed by atoms with van der Waals surface area (Å²) in [6.45, 7) is 2.04. The zero-order valence-corrected chi connectivity index (χ0v) is 21.4. The molecule has 0 aliphatic carbocycles. The van der Waals surface area contributed by atoms with Crippen LogP contribution in [-0.4, -0.2) is 48.8 Å². The van der Waals surface area contributed by atoms with E-state index in [0.717, 1.165) is 34.6 Å². The maximum Gasteiger partial charge on any atom is 0.341 e. The van der Waals surface area contributed by atoms with E-state index in [1.165, 1.54) is 0 Å². The molecule has 37 heavy (non-hydrogen) atoms. The van der Waals surface area contributed by atoms with Crippen molar-refractivity contribution in [3.63, 3.8) is 0 Å². The van der Waals surface area contributed by atoms with Gasteiger partial charge in [0.05, 0.1) is 39.3 Å². The van der Waals surface area contributed by atoms with Crippen molar-refractivity contribution in [1.29, 1.82) is 0 Å². The molecular weight excluding hydrogens is 472 g/mol. The molecule has 0 atom stereocenters. The van der Waals surface area contributed by atoms with E-state index in [0.29, 0.717) is 35.1 Å². The number of para-hydroxylation sites is 2. The number of hydrogen-bond acceptors (Lipinski definition) is 6. The molecule has 8 nitrogen and oxygen atoms in total. The fourth-order valence-electron chi connectivity index (χ4n) is 4.23. The topological polar surface area (TPSA) is 92.0 Å². The van der Waals surface area contributed by atoms with Crippen molar-refractivity contribution < 1.29 is 28.8 Å². The van der Waals surface area contributed by atoms with Crippen molar-refractivity contribution in [2.75, 3.05) is 27.9 Å². The van der Waals surface area contributed by atoms with Gasteiger partial charge in [-0.1, -0.05) is 37.3 Å². The fraction of sp³-hybridized carbons (Fsp3) is 0.241. The average Bonchev–Trinajstić information content (AvgIpc) is 3.34. The normalized spacial score (nSPS) is 10.7. The van der Waals surface area contributed by atoms with Gasteiger partial charge in [-0.2, -0.15) is 5.10 Å². The Bertz CT molecular complexity index is 1400. The number of carboxylic acid groups (broad SMARTS) is 1. The van der Waals surface area contributed by atoms with E-state index in [1.807, 2.05) is 65.3 Å². The van der Waals surface area contributed by atoms with Gasteiger partial charge in [0.15, 0.2) is 18.1 Å². The minimum Gasteiger partial charge on any atom is -0.496 e. The highest BCUT2D eigenvalue weighted by Crippen LogP contribution is 2.41. The summed E-state index contributed by atoms with van der Waals surface area (Å²) in [5.74, 6) is 1.34. The van der Waals surface area contributed by atoms with Gasteiger partial charge in [0.25, 0.3) is 0 Å². The smallest absolute Gasteiger partial charge is 0.341 e. The van der Waals surface area contributed by atoms with Crippen LogP contribution in [0.25, 0.3) is 22.5 Å². The Morgan fingerprint density at radius 2 is 1.62 bits per heavy atom. The van der Waals surface area contributed by atoms with Crippen LogP contribution in [-0.2, 0) is 17.8 Å². The lowest BCUT2D eigenvalue weighted by atomic mass is 10.0. The van der Waals surface area contributed by atoms with E-state index < -0.39 is 12.6 Å². The maximum absolute atomic E-state index is 11.2. The van der Waals surface area contributed by atoms with Crippen molar-refractivity contribution in [1.82, 2.24) is 9.78 Å². The average molecular weight is 503 g/mol. The Balaban J connectivity index is 1.91. The first-order valence-corrected chi connectivity index (χ1v) is 11.9. The summed E-state index contributed by atoms with van der Waals surface area (Å²) in [6, 6.07) is 21.1. The SMILES string of the molecule is CCc1ccc(OCC(=O)O)c(-c2cc(-c3cccc(OC)c3OC)n(Cc3ccccc3OC)n2)c1. The standard InChI is InChI=1S/C29H30N2O6/c1-5-19-13-14-26(37-18-28(32)33)22(15-19)23-16-24(21-10-8-12-27(35-3)29(21)36-4)31(30-23)17-20-9-6-7-11-25(20)34-2/h6-16H,5,17-18H2,1-4H3,(H,32,33). The van der Waals surface area contributed by atoms with Crippen LogP contribution in [0, 0.1) is 0 Å². The summed E-state index contributed by atoms with van der Waals surface area (Å²) < 4.78 is 24.4. The van der Waals surface area contributed by atoms with Crippen molar-refractivity contribution in [3.05, 3.63) is 77.9 Å². The van der Waals surface area contributed by atoms with Gasteiger partial charge in [0.1, 0.15) is 11.5 Å². The van der Waals surface area contributed by atoms with Crippen LogP contribution in [0.4, 0.5) is 0 Å². The van der Waals surface area contributed by atoms with Crippen LogP contribution in [0.3, 0.4) is 0 Å². The number of aliphatic carboxylic acids is 1. The third-order valence-corrected chi connectivity index (χ3v) is 6.05. The highest BCUT2D eigenvalue weighted by atomic mass is 16.5. The molecule has 1 N–H and O–H groups in total. The molecule has 0 unspecified atom stereocenters. The lowest BCUT2D eigenvalue weighted by Crippen LogP contribution is -2.10. The van der Waals surface area contributed by atoms with Crippen molar-refractivity contribution in [3.8, 4) is 45.5 Å². The molecule has 0 bridgehead atoms. The van der Waals surface area contributed by atoms with Gasteiger partial charge in [0.2, 0.25) is 0 Å². The molecule has 1 aromatic heterocycles. The Labute approximate surface area is 216 Å². The zero-order valence-electron chi connectivity index (χ0n) is 21.4. The molecule has 192 valence electrons. The van der Waals surface area contributed by atoms with Gasteiger partial charge in [-0.05, 0) is 48.4 Å². The van der Waals surface area contributed by atoms with Crippen LogP contribution in [0.5, 0.6) is 23.0 Å². The van der Waals surface area contributed by atoms with Crippen molar-refractivity contribution >= 4 is 5.97 Å². The minimum atomic E-state index is -1.05. The van der Waals surface area contributed by atoms with Gasteiger partial charge >= 0.3 is 5.97 Å². The number of aromatic nitrogens is 2. The monoisotopic (exact) mass is 502 g/mol. The number of carboxylic acids is 1. The number of benzene rings is 3. The summed E-state index contributed by atoms with van der Waals surface area (Å²) >= 11 is 0. The number of nitrogens with zero attached hydrogens (tertiary/aromatic N) is 2. The number of aryl methyl sites for hydroxylation is 1. The van der Waals surface area contributed by atoms with E-state index in [2.05, 4.69) is 6.92 Å². The second-order valence-electron chi connectivity index (χ2n) is 8.29. The van der Waals surface area contributed by atoms with Crippen molar-refractivity contribution in [2.45, 2.75) is 19.9 Å². The fourth-order valence-corrected chi connectivity index (χ4v) is 4.23. The first-order valence-electron chi connectivity index (χ1n) is 11.9. The number of hydrogen-bond donors (Lipinski definition) is 1. The van der Waals surface area contributed by atoms with E-state index in [4.69, 9.17) is 24.0 Å². The first-order chi connectivity index (χ1) is 18.0. The Morgan fingerprint density at radius 3 is 2.32 bits per heavy atom. The summed E-state index contributed by atoms with van der Waals surface area (Å²) in [5, 5.41) is 14.1. The van der Waals surface area contributed by atoms with E-state index in [1.54, 1.807) is 27.4 Å². The Morgan fingerprint density at radius 1 is 0.865 bits per heavy atom. The van der Waals surface area contributed by atoms with Crippen LogP contribution in [0.1, 0.15) is 18.1 Å². The van der Waals surface area contributed by atoms with Gasteiger partial charge in [-0.15, -0.1) is 0 Å². The van der Waals surface area contributed by atoms with Gasteiger partial charge < -0.3 is 24.1 Å². The van der Waals surface area contributed by atoms with E-state index >= 15 is 0 Å². The van der Waals surface area contributed by atoms with Gasteiger partial charge in [0, 0.05) is 16.7 Å². The molecule has 0 aliphatic heterocycles. The molecule has 3 aromatic carbocycles. The summed E-state index contributed by atoms with van der Waals surface area (Å²) in [5.41, 5.74) is 4.98. The molecule has 4 rings (SSSR count). The number of carbonyl (C=O) groups is 1. The lowest BCUT2D eigenvalue weighted by Gasteiger charge is -2.15. The molecule has 8 heteroatoms. The predicted octanol–water partition coefficient (Wildman–Crippen LogP) is 5.32. The molecule has 0 radical (unpaired) electrons. The minimum absolute atomic E-state index is 0.429. The molecule has 0 spiro atoms. The van der Waals surface area contributed by atoms with Crippen LogP contribution < -0.4 is 18.9 Å². The molecule has 0 saturated carbocycles. The third kappa shape index (κ3) is 5.53. The largest absolute Gasteiger partial charge is 0.496 e. The van der Waals surface area contributed by atoms with Crippen molar-refractivity contribution in [2.24, 2.45) is 0 Å². The number of ether oxygens (including phenoxy) is 4. The van der Waals surface area contributed by atoms with Crippen LogP contribution in [0.2, 0.25) is 0 Å². The molecule has 1 heterocycles. The van der Waals surface area contributed by atoms with Gasteiger partial charge in [-0.25, -0.2) is 4.79 Å². The molecule has 0 saturated heterocycles. The molecule has 0 fully saturated rings. The molecule has 0 amide bonds.